The Hall–Kier alpha value is -6.42. The van der Waals surface area contributed by atoms with Gasteiger partial charge < -0.3 is 34.3 Å². The number of halogens is 3. The highest BCUT2D eigenvalue weighted by atomic mass is 35.5. The van der Waals surface area contributed by atoms with Gasteiger partial charge in [-0.1, -0.05) is 35.9 Å². The molecule has 1 aliphatic carbocycles. The molecular formula is C56H60ClF2N9O8S. The van der Waals surface area contributed by atoms with Gasteiger partial charge in [0.15, 0.2) is 11.6 Å². The van der Waals surface area contributed by atoms with Crippen LogP contribution in [0.3, 0.4) is 0 Å². The van der Waals surface area contributed by atoms with Crippen molar-refractivity contribution in [2.75, 3.05) is 80.8 Å². The summed E-state index contributed by atoms with van der Waals surface area (Å²) in [6.07, 6.45) is 7.44. The number of nitro groups is 1. The number of ether oxygens (including phenoxy) is 3. The zero-order chi connectivity index (χ0) is 53.0. The number of pyridine rings is 1. The molecule has 404 valence electrons. The summed E-state index contributed by atoms with van der Waals surface area (Å²) in [6, 6.07) is 25.1. The van der Waals surface area contributed by atoms with Crippen molar-refractivity contribution in [3.05, 3.63) is 141 Å². The molecule has 77 heavy (non-hydrogen) atoms. The maximum atomic E-state index is 14.7. The second-order valence-electron chi connectivity index (χ2n) is 21.5. The van der Waals surface area contributed by atoms with E-state index in [9.17, 15) is 32.1 Å². The summed E-state index contributed by atoms with van der Waals surface area (Å²) in [5.74, 6) is -2.01. The SMILES string of the molecule is O=C(NS(=O)(=O)c1ccc(NCC2CCOCC2)c([N+](=O)[O-])c1)c1ccc(N2CCC3(CC2)CC(N2CCN(Cc4ccc(F)c(F)c4)C[C@@H]2c2ccccc2Cl)C3)cc1N1c2cc3cc[nH]c3nc2O[C@H]2COCC[C@@H]21. The standard InChI is InChI=1S/C56H60ClF2N9O8S/c57-43-4-2-1-3-41(43)51-33-64(32-36-5-9-44(58)45(59)25-36)20-21-66(51)39-29-56(30-39)15-18-65(19-16-56)38-6-8-42(48(27-38)67-47-14-24-75-34-52(47)76-55-50(67)26-37-11-17-60-53(37)62-55)54(69)63-77(72,73)40-7-10-46(49(28-40)68(70)71)61-31-35-12-22-74-23-13-35/h1-11,17,25-28,35,39,47,51-52,61H,12-16,18-24,29-34H2,(H,60,62)(H,63,69)/t47-,51+,52-/m0/s1. The predicted octanol–water partition coefficient (Wildman–Crippen LogP) is 9.36. The number of H-pyrrole nitrogens is 1. The number of benzene rings is 4. The van der Waals surface area contributed by atoms with Crippen molar-refractivity contribution in [3.8, 4) is 5.88 Å². The third-order valence-corrected chi connectivity index (χ3v) is 18.5. The van der Waals surface area contributed by atoms with Crippen LogP contribution in [0.2, 0.25) is 5.02 Å². The second-order valence-corrected chi connectivity index (χ2v) is 23.6. The Morgan fingerprint density at radius 2 is 1.70 bits per heavy atom. The van der Waals surface area contributed by atoms with Crippen molar-refractivity contribution in [1.82, 2.24) is 24.5 Å². The molecule has 6 aliphatic rings. The largest absolute Gasteiger partial charge is 0.468 e. The number of aromatic amines is 1. The molecule has 1 amide bonds. The minimum absolute atomic E-state index is 0.0205. The van der Waals surface area contributed by atoms with Crippen LogP contribution in [0.4, 0.5) is 37.2 Å². The van der Waals surface area contributed by atoms with Crippen LogP contribution in [0.1, 0.15) is 72.5 Å². The molecule has 1 saturated carbocycles. The monoisotopic (exact) mass is 1090 g/mol. The van der Waals surface area contributed by atoms with Gasteiger partial charge in [0.2, 0.25) is 5.88 Å². The number of aromatic nitrogens is 2. The molecule has 21 heteroatoms. The van der Waals surface area contributed by atoms with Gasteiger partial charge in [-0.2, -0.15) is 4.98 Å². The van der Waals surface area contributed by atoms with Crippen LogP contribution in [0.5, 0.6) is 5.88 Å². The van der Waals surface area contributed by atoms with E-state index in [4.69, 9.17) is 30.8 Å². The number of hydrogen-bond donors (Lipinski definition) is 3. The van der Waals surface area contributed by atoms with Crippen LogP contribution in [-0.4, -0.2) is 123 Å². The Bertz CT molecular complexity index is 3330. The lowest BCUT2D eigenvalue weighted by molar-refractivity contribution is -0.384. The van der Waals surface area contributed by atoms with Crippen molar-refractivity contribution >= 4 is 67.0 Å². The molecule has 0 radical (unpaired) electrons. The molecule has 17 nitrogen and oxygen atoms in total. The Kier molecular flexibility index (Phi) is 14.1. The van der Waals surface area contributed by atoms with Crippen LogP contribution in [0.25, 0.3) is 11.0 Å². The van der Waals surface area contributed by atoms with Crippen molar-refractivity contribution in [2.45, 2.75) is 80.6 Å². The van der Waals surface area contributed by atoms with Crippen LogP contribution in [0.15, 0.2) is 102 Å². The number of piperidine rings is 1. The van der Waals surface area contributed by atoms with Gasteiger partial charge in [0.25, 0.3) is 21.6 Å². The van der Waals surface area contributed by atoms with Crippen LogP contribution in [0, 0.1) is 33.1 Å². The van der Waals surface area contributed by atoms with Gasteiger partial charge in [-0.05, 0) is 128 Å². The van der Waals surface area contributed by atoms with Gasteiger partial charge >= 0.3 is 0 Å². The number of piperazine rings is 1. The van der Waals surface area contributed by atoms with Crippen molar-refractivity contribution in [3.63, 3.8) is 0 Å². The minimum Gasteiger partial charge on any atom is -0.468 e. The van der Waals surface area contributed by atoms with Crippen molar-refractivity contribution in [2.24, 2.45) is 11.3 Å². The highest BCUT2D eigenvalue weighted by Gasteiger charge is 2.50. The lowest BCUT2D eigenvalue weighted by Crippen LogP contribution is -2.59. The number of anilines is 4. The van der Waals surface area contributed by atoms with E-state index >= 15 is 0 Å². The molecular weight excluding hydrogens is 1030 g/mol. The molecule has 3 N–H and O–H groups in total. The number of carbonyl (C=O) groups excluding carboxylic acids is 1. The molecule has 6 aromatic rings. The summed E-state index contributed by atoms with van der Waals surface area (Å²) >= 11 is 6.88. The predicted molar refractivity (Wildman–Crippen MR) is 288 cm³/mol. The molecule has 7 heterocycles. The van der Waals surface area contributed by atoms with E-state index in [2.05, 4.69) is 40.7 Å². The number of nitrogens with one attached hydrogen (secondary N) is 3. The Balaban J connectivity index is 0.802. The summed E-state index contributed by atoms with van der Waals surface area (Å²) in [6.45, 7) is 6.69. The van der Waals surface area contributed by atoms with Gasteiger partial charge in [0, 0.05) is 106 Å². The number of nitro benzene ring substituents is 1. The zero-order valence-corrected chi connectivity index (χ0v) is 43.9. The van der Waals surface area contributed by atoms with Crippen molar-refractivity contribution < 1.29 is 41.1 Å². The first-order valence-corrected chi connectivity index (χ1v) is 28.4. The average molecular weight is 1090 g/mol. The van der Waals surface area contributed by atoms with Crippen LogP contribution < -0.4 is 24.6 Å². The maximum absolute atomic E-state index is 14.7. The van der Waals surface area contributed by atoms with Crippen molar-refractivity contribution in [1.29, 1.82) is 0 Å². The first-order chi connectivity index (χ1) is 37.3. The fraction of sp³-hybridized carbons (Fsp3) is 0.429. The van der Waals surface area contributed by atoms with E-state index in [1.54, 1.807) is 18.3 Å². The summed E-state index contributed by atoms with van der Waals surface area (Å²) in [4.78, 5) is 43.3. The molecule has 1 spiro atoms. The van der Waals surface area contributed by atoms with Crippen LogP contribution >= 0.6 is 11.6 Å². The molecule has 0 unspecified atom stereocenters. The normalized spacial score (nSPS) is 22.2. The first-order valence-electron chi connectivity index (χ1n) is 26.5. The Morgan fingerprint density at radius 1 is 0.896 bits per heavy atom. The van der Waals surface area contributed by atoms with E-state index in [0.717, 1.165) is 93.0 Å². The third-order valence-electron chi connectivity index (χ3n) is 16.9. The fourth-order valence-electron chi connectivity index (χ4n) is 12.7. The van der Waals surface area contributed by atoms with Gasteiger partial charge in [-0.3, -0.25) is 24.7 Å². The lowest BCUT2D eigenvalue weighted by Gasteiger charge is -2.58. The quantitative estimate of drug-likeness (QED) is 0.0733. The van der Waals surface area contributed by atoms with Gasteiger partial charge in [0.05, 0.1) is 33.7 Å². The third kappa shape index (κ3) is 10.3. The number of amides is 1. The molecule has 4 aromatic carbocycles. The molecule has 4 saturated heterocycles. The maximum Gasteiger partial charge on any atom is 0.293 e. The molecule has 2 aromatic heterocycles. The number of fused-ring (bicyclic) bond motifs is 3. The van der Waals surface area contributed by atoms with Gasteiger partial charge in [-0.25, -0.2) is 21.9 Å². The fourth-order valence-corrected chi connectivity index (χ4v) is 13.9. The van der Waals surface area contributed by atoms with Gasteiger partial charge in [-0.15, -0.1) is 0 Å². The number of hydrogen-bond acceptors (Lipinski definition) is 14. The highest BCUT2D eigenvalue weighted by molar-refractivity contribution is 7.90. The number of nitrogens with zero attached hydrogens (tertiary/aromatic N) is 6. The number of carbonyl (C=O) groups is 1. The highest BCUT2D eigenvalue weighted by Crippen LogP contribution is 2.54. The summed E-state index contributed by atoms with van der Waals surface area (Å²) < 4.78 is 76.5. The summed E-state index contributed by atoms with van der Waals surface area (Å²) in [7, 11) is -4.64. The van der Waals surface area contributed by atoms with E-state index in [1.165, 1.54) is 24.3 Å². The first kappa shape index (κ1) is 51.3. The Labute approximate surface area is 450 Å². The topological polar surface area (TPSA) is 188 Å². The minimum atomic E-state index is -4.64. The van der Waals surface area contributed by atoms with E-state index in [0.29, 0.717) is 79.8 Å². The smallest absolute Gasteiger partial charge is 0.293 e. The number of sulfonamides is 1. The lowest BCUT2D eigenvalue weighted by atomic mass is 9.59. The zero-order valence-electron chi connectivity index (χ0n) is 42.3. The Morgan fingerprint density at radius 3 is 2.49 bits per heavy atom. The molecule has 5 fully saturated rings. The average Bonchev–Trinajstić information content (AvgIpc) is 3.97. The van der Waals surface area contributed by atoms with Gasteiger partial charge in [0.1, 0.15) is 23.1 Å². The van der Waals surface area contributed by atoms with Crippen LogP contribution in [-0.2, 0) is 26.0 Å². The van der Waals surface area contributed by atoms with E-state index < -0.39 is 49.2 Å². The number of rotatable bonds is 13. The summed E-state index contributed by atoms with van der Waals surface area (Å²) in [5.41, 5.74) is 4.33. The molecule has 12 rings (SSSR count). The molecule has 5 aliphatic heterocycles. The second kappa shape index (κ2) is 21.1. The molecule has 0 bridgehead atoms. The van der Waals surface area contributed by atoms with E-state index in [1.807, 2.05) is 42.5 Å². The summed E-state index contributed by atoms with van der Waals surface area (Å²) in [5, 5.41) is 17.0. The molecule has 3 atom stereocenters. The van der Waals surface area contributed by atoms with E-state index in [-0.39, 0.29) is 41.3 Å².